The molecular weight excluding hydrogens is 440 g/mol. The number of fused-ring (bicyclic) bond motifs is 1. The number of aliphatic imine (C=N–C) groups is 1. The molecule has 0 atom stereocenters. The van der Waals surface area contributed by atoms with E-state index >= 15 is 0 Å². The van der Waals surface area contributed by atoms with E-state index in [0.29, 0.717) is 29.3 Å². The van der Waals surface area contributed by atoms with Crippen LogP contribution in [-0.4, -0.2) is 35.5 Å². The lowest BCUT2D eigenvalue weighted by Crippen LogP contribution is -2.09. The van der Waals surface area contributed by atoms with Gasteiger partial charge in [0.2, 0.25) is 5.89 Å². The first-order valence-corrected chi connectivity index (χ1v) is 12.2. The number of carbonyl (C=O) groups excluding carboxylic acids is 1. The quantitative estimate of drug-likeness (QED) is 0.232. The molecule has 33 heavy (non-hydrogen) atoms. The Bertz CT molecular complexity index is 1130. The van der Waals surface area contributed by atoms with Crippen molar-refractivity contribution in [2.45, 2.75) is 52.4 Å². The number of thiophene rings is 1. The lowest BCUT2D eigenvalue weighted by atomic mass is 9.95. The molecule has 1 aliphatic carbocycles. The summed E-state index contributed by atoms with van der Waals surface area (Å²) in [6.07, 6.45) is 7.47. The second-order valence-electron chi connectivity index (χ2n) is 7.81. The zero-order valence-corrected chi connectivity index (χ0v) is 19.7. The van der Waals surface area contributed by atoms with Crippen LogP contribution >= 0.6 is 11.3 Å². The van der Waals surface area contributed by atoms with Gasteiger partial charge in [0.15, 0.2) is 5.69 Å². The maximum absolute atomic E-state index is 12.6. The molecule has 2 aromatic heterocycles. The number of aromatic hydroxyl groups is 1. The number of esters is 1. The number of aromatic nitrogens is 1. The zero-order chi connectivity index (χ0) is 23.2. The third-order valence-corrected chi connectivity index (χ3v) is 6.64. The number of carbonyl (C=O) groups is 1. The highest BCUT2D eigenvalue weighted by Crippen LogP contribution is 2.40. The molecule has 174 valence electrons. The van der Waals surface area contributed by atoms with Gasteiger partial charge >= 0.3 is 11.9 Å². The van der Waals surface area contributed by atoms with Crippen LogP contribution in [0.2, 0.25) is 0 Å². The van der Waals surface area contributed by atoms with Crippen molar-refractivity contribution >= 4 is 28.5 Å². The van der Waals surface area contributed by atoms with Crippen LogP contribution in [0.15, 0.2) is 33.7 Å². The summed E-state index contributed by atoms with van der Waals surface area (Å²) in [5.74, 6) is 0.384. The fourth-order valence-corrected chi connectivity index (χ4v) is 4.96. The maximum Gasteiger partial charge on any atom is 0.341 e. The van der Waals surface area contributed by atoms with Gasteiger partial charge in [-0.2, -0.15) is 0 Å². The number of hydrogen-bond donors (Lipinski definition) is 1. The number of oxazole rings is 1. The molecule has 3 aromatic rings. The predicted octanol–water partition coefficient (Wildman–Crippen LogP) is 6.09. The van der Waals surface area contributed by atoms with E-state index in [1.807, 2.05) is 24.3 Å². The standard InChI is InChI=1S/C25H28N2O5S/c1-3-5-14-31-17-12-10-16(11-13-17)22-27-19(24(28)32-22)15-26-23-21(25(29)30-4-2)18-8-6-7-9-20(18)33-23/h10-13,15,28H,3-9,14H2,1-2H3. The Labute approximate surface area is 197 Å². The fraction of sp³-hybridized carbons (Fsp3) is 0.400. The first kappa shape index (κ1) is 23.0. The van der Waals surface area contributed by atoms with E-state index in [1.54, 1.807) is 6.92 Å². The Kier molecular flexibility index (Phi) is 7.44. The summed E-state index contributed by atoms with van der Waals surface area (Å²) in [7, 11) is 0. The van der Waals surface area contributed by atoms with Crippen LogP contribution in [0.1, 0.15) is 66.0 Å². The van der Waals surface area contributed by atoms with Crippen LogP contribution < -0.4 is 4.74 Å². The molecule has 0 bridgehead atoms. The summed E-state index contributed by atoms with van der Waals surface area (Å²) >= 11 is 1.50. The number of aryl methyl sites for hydroxylation is 1. The summed E-state index contributed by atoms with van der Waals surface area (Å²) in [6.45, 7) is 4.89. The third kappa shape index (κ3) is 5.27. The largest absolute Gasteiger partial charge is 0.494 e. The van der Waals surface area contributed by atoms with E-state index in [4.69, 9.17) is 13.9 Å². The molecule has 7 nitrogen and oxygen atoms in total. The van der Waals surface area contributed by atoms with Gasteiger partial charge in [-0.3, -0.25) is 0 Å². The summed E-state index contributed by atoms with van der Waals surface area (Å²) in [5, 5.41) is 10.8. The Hall–Kier alpha value is -3.13. The van der Waals surface area contributed by atoms with Crippen LogP contribution in [0, 0.1) is 0 Å². The van der Waals surface area contributed by atoms with Crippen molar-refractivity contribution in [3.63, 3.8) is 0 Å². The molecule has 0 fully saturated rings. The molecule has 0 amide bonds. The van der Waals surface area contributed by atoms with Gasteiger partial charge in [0, 0.05) is 10.4 Å². The molecule has 8 heteroatoms. The van der Waals surface area contributed by atoms with Gasteiger partial charge < -0.3 is 19.0 Å². The average Bonchev–Trinajstić information content (AvgIpc) is 3.38. The summed E-state index contributed by atoms with van der Waals surface area (Å²) < 4.78 is 16.4. The number of rotatable bonds is 9. The predicted molar refractivity (Wildman–Crippen MR) is 128 cm³/mol. The molecule has 2 heterocycles. The molecule has 0 spiro atoms. The van der Waals surface area contributed by atoms with Crippen molar-refractivity contribution < 1.29 is 23.8 Å². The van der Waals surface area contributed by atoms with Gasteiger partial charge in [-0.15, -0.1) is 11.3 Å². The topological polar surface area (TPSA) is 94.2 Å². The van der Waals surface area contributed by atoms with Gasteiger partial charge in [0.25, 0.3) is 0 Å². The average molecular weight is 469 g/mol. The molecule has 4 rings (SSSR count). The number of hydrogen-bond acceptors (Lipinski definition) is 8. The lowest BCUT2D eigenvalue weighted by molar-refractivity contribution is 0.0526. The highest BCUT2D eigenvalue weighted by atomic mass is 32.1. The fourth-order valence-electron chi connectivity index (χ4n) is 3.74. The van der Waals surface area contributed by atoms with E-state index in [0.717, 1.165) is 49.8 Å². The van der Waals surface area contributed by atoms with Crippen LogP contribution in [0.5, 0.6) is 11.7 Å². The number of unbranched alkanes of at least 4 members (excludes halogenated alkanes) is 1. The number of benzene rings is 1. The van der Waals surface area contributed by atoms with Crippen molar-refractivity contribution in [1.82, 2.24) is 4.98 Å². The smallest absolute Gasteiger partial charge is 0.341 e. The number of ether oxygens (including phenoxy) is 2. The summed E-state index contributed by atoms with van der Waals surface area (Å²) in [4.78, 5) is 22.6. The first-order chi connectivity index (χ1) is 16.1. The highest BCUT2D eigenvalue weighted by Gasteiger charge is 2.26. The summed E-state index contributed by atoms with van der Waals surface area (Å²) in [6, 6.07) is 7.36. The van der Waals surface area contributed by atoms with Crippen LogP contribution in [-0.2, 0) is 17.6 Å². The van der Waals surface area contributed by atoms with Gasteiger partial charge in [-0.05, 0) is 68.9 Å². The molecule has 0 aliphatic heterocycles. The van der Waals surface area contributed by atoms with E-state index < -0.39 is 0 Å². The van der Waals surface area contributed by atoms with E-state index in [2.05, 4.69) is 16.9 Å². The van der Waals surface area contributed by atoms with Crippen molar-refractivity contribution in [2.75, 3.05) is 13.2 Å². The second kappa shape index (κ2) is 10.7. The maximum atomic E-state index is 12.6. The Balaban J connectivity index is 1.55. The van der Waals surface area contributed by atoms with Crippen LogP contribution in [0.3, 0.4) is 0 Å². The summed E-state index contributed by atoms with van der Waals surface area (Å²) in [5.41, 5.74) is 2.50. The third-order valence-electron chi connectivity index (χ3n) is 5.44. The Morgan fingerprint density at radius 1 is 1.24 bits per heavy atom. The minimum Gasteiger partial charge on any atom is -0.494 e. The SMILES string of the molecule is CCCCOc1ccc(-c2nc(C=Nc3sc4c(c3C(=O)OCC)CCCC4)c(O)o2)cc1. The minimum atomic E-state index is -0.352. The monoisotopic (exact) mass is 468 g/mol. The second-order valence-corrected chi connectivity index (χ2v) is 8.89. The van der Waals surface area contributed by atoms with Crippen LogP contribution in [0.25, 0.3) is 11.5 Å². The normalized spacial score (nSPS) is 13.3. The Morgan fingerprint density at radius 3 is 2.79 bits per heavy atom. The Morgan fingerprint density at radius 2 is 2.03 bits per heavy atom. The van der Waals surface area contributed by atoms with Crippen molar-refractivity contribution in [2.24, 2.45) is 4.99 Å². The first-order valence-electron chi connectivity index (χ1n) is 11.4. The van der Waals surface area contributed by atoms with Crippen molar-refractivity contribution in [1.29, 1.82) is 0 Å². The van der Waals surface area contributed by atoms with Crippen LogP contribution in [0.4, 0.5) is 5.00 Å². The lowest BCUT2D eigenvalue weighted by Gasteiger charge is -2.11. The van der Waals surface area contributed by atoms with Crippen molar-refractivity contribution in [3.05, 3.63) is 46.0 Å². The van der Waals surface area contributed by atoms with Gasteiger partial charge in [-0.1, -0.05) is 13.3 Å². The molecule has 1 aromatic carbocycles. The van der Waals surface area contributed by atoms with Crippen molar-refractivity contribution in [3.8, 4) is 23.1 Å². The molecular formula is C25H28N2O5S. The highest BCUT2D eigenvalue weighted by molar-refractivity contribution is 7.16. The van der Waals surface area contributed by atoms with Gasteiger partial charge in [-0.25, -0.2) is 14.8 Å². The van der Waals surface area contributed by atoms with E-state index in [9.17, 15) is 9.90 Å². The zero-order valence-electron chi connectivity index (χ0n) is 18.9. The molecule has 1 N–H and O–H groups in total. The van der Waals surface area contributed by atoms with Gasteiger partial charge in [0.1, 0.15) is 10.8 Å². The molecule has 0 radical (unpaired) electrons. The molecule has 0 unspecified atom stereocenters. The van der Waals surface area contributed by atoms with E-state index in [1.165, 1.54) is 22.4 Å². The minimum absolute atomic E-state index is 0.203. The van der Waals surface area contributed by atoms with Gasteiger partial charge in [0.05, 0.1) is 25.0 Å². The molecule has 1 aliphatic rings. The van der Waals surface area contributed by atoms with E-state index in [-0.39, 0.29) is 23.5 Å². The molecule has 0 saturated heterocycles. The molecule has 0 saturated carbocycles. The number of nitrogens with zero attached hydrogens (tertiary/aromatic N) is 2.